The summed E-state index contributed by atoms with van der Waals surface area (Å²) in [7, 11) is 0. The van der Waals surface area contributed by atoms with E-state index < -0.39 is 34.6 Å². The zero-order chi connectivity index (χ0) is 23.3. The molecular weight excluding hydrogens is 416 g/mol. The zero-order valence-electron chi connectivity index (χ0n) is 17.5. The average molecular weight is 438 g/mol. The number of ether oxygens (including phenoxy) is 1. The van der Waals surface area contributed by atoms with Crippen LogP contribution < -0.4 is 22.5 Å². The fourth-order valence-corrected chi connectivity index (χ4v) is 3.01. The lowest BCUT2D eigenvalue weighted by Crippen LogP contribution is -2.39. The number of rotatable bonds is 7. The van der Waals surface area contributed by atoms with Crippen molar-refractivity contribution >= 4 is 12.0 Å². The van der Waals surface area contributed by atoms with E-state index in [0.717, 1.165) is 5.56 Å². The Morgan fingerprint density at radius 3 is 1.91 bits per heavy atom. The van der Waals surface area contributed by atoms with E-state index in [-0.39, 0.29) is 13.1 Å². The van der Waals surface area contributed by atoms with Crippen molar-refractivity contribution in [3.63, 3.8) is 0 Å². The SMILES string of the molecule is Cc1cn(CC(Cn2cc(C)c(=O)[nH]c2=O)OC(=O)/C=C/c2ccccc2)c(=O)[nH]c1=O. The van der Waals surface area contributed by atoms with E-state index in [1.165, 1.54) is 41.5 Å². The van der Waals surface area contributed by atoms with Gasteiger partial charge < -0.3 is 4.74 Å². The van der Waals surface area contributed by atoms with Crippen molar-refractivity contribution in [2.75, 3.05) is 0 Å². The third-order valence-corrected chi connectivity index (χ3v) is 4.67. The molecule has 0 saturated carbocycles. The topological polar surface area (TPSA) is 136 Å². The van der Waals surface area contributed by atoms with Gasteiger partial charge in [0.05, 0.1) is 13.1 Å². The third-order valence-electron chi connectivity index (χ3n) is 4.67. The number of esters is 1. The van der Waals surface area contributed by atoms with Crippen molar-refractivity contribution < 1.29 is 9.53 Å². The number of aromatic nitrogens is 4. The van der Waals surface area contributed by atoms with Crippen molar-refractivity contribution in [1.29, 1.82) is 0 Å². The van der Waals surface area contributed by atoms with Gasteiger partial charge in [0.25, 0.3) is 11.1 Å². The normalized spacial score (nSPS) is 11.2. The van der Waals surface area contributed by atoms with Crippen LogP contribution in [0.15, 0.2) is 68.0 Å². The Kier molecular flexibility index (Phi) is 6.83. The quantitative estimate of drug-likeness (QED) is 0.403. The smallest absolute Gasteiger partial charge is 0.331 e. The Morgan fingerprint density at radius 1 is 0.906 bits per heavy atom. The van der Waals surface area contributed by atoms with Crippen LogP contribution in [0.5, 0.6) is 0 Å². The van der Waals surface area contributed by atoms with E-state index in [9.17, 15) is 24.0 Å². The van der Waals surface area contributed by atoms with Crippen LogP contribution in [-0.2, 0) is 22.6 Å². The second-order valence-electron chi connectivity index (χ2n) is 7.25. The molecule has 32 heavy (non-hydrogen) atoms. The standard InChI is InChI=1S/C22H22N4O6/c1-14-10-25(21(30)23-19(14)28)12-17(13-26-11-15(2)20(29)24-22(26)31)32-18(27)9-8-16-6-4-3-5-7-16/h3-11,17H,12-13H2,1-2H3,(H,23,28,30)(H,24,29,31)/b9-8+. The molecule has 3 aromatic rings. The highest BCUT2D eigenvalue weighted by atomic mass is 16.5. The first-order chi connectivity index (χ1) is 15.2. The number of nitrogens with zero attached hydrogens (tertiary/aromatic N) is 2. The van der Waals surface area contributed by atoms with E-state index in [2.05, 4.69) is 9.97 Å². The van der Waals surface area contributed by atoms with Gasteiger partial charge in [-0.2, -0.15) is 0 Å². The number of carbonyl (C=O) groups is 1. The highest BCUT2D eigenvalue weighted by Crippen LogP contribution is 2.05. The summed E-state index contributed by atoms with van der Waals surface area (Å²) in [6.07, 6.45) is 4.57. The molecule has 3 rings (SSSR count). The summed E-state index contributed by atoms with van der Waals surface area (Å²) >= 11 is 0. The molecule has 166 valence electrons. The van der Waals surface area contributed by atoms with Crippen LogP contribution in [0, 0.1) is 13.8 Å². The Morgan fingerprint density at radius 2 is 1.41 bits per heavy atom. The molecule has 0 bridgehead atoms. The van der Waals surface area contributed by atoms with Crippen molar-refractivity contribution in [3.8, 4) is 0 Å². The molecule has 2 heterocycles. The molecule has 1 aromatic carbocycles. The predicted octanol–water partition coefficient (Wildman–Crippen LogP) is 0.329. The predicted molar refractivity (Wildman–Crippen MR) is 117 cm³/mol. The Bertz CT molecular complexity index is 1300. The van der Waals surface area contributed by atoms with Gasteiger partial charge in [0.1, 0.15) is 6.10 Å². The lowest BCUT2D eigenvalue weighted by atomic mass is 10.2. The van der Waals surface area contributed by atoms with Crippen molar-refractivity contribution in [3.05, 3.63) is 107 Å². The molecule has 10 heteroatoms. The van der Waals surface area contributed by atoms with Gasteiger partial charge in [-0.3, -0.25) is 28.7 Å². The summed E-state index contributed by atoms with van der Waals surface area (Å²) in [6, 6.07) is 9.12. The molecule has 10 nitrogen and oxygen atoms in total. The van der Waals surface area contributed by atoms with Gasteiger partial charge in [-0.15, -0.1) is 0 Å². The number of aromatic amines is 2. The number of nitrogens with one attached hydrogen (secondary N) is 2. The minimum Gasteiger partial charge on any atom is -0.455 e. The average Bonchev–Trinajstić information content (AvgIpc) is 2.75. The third kappa shape index (κ3) is 5.69. The van der Waals surface area contributed by atoms with Crippen molar-refractivity contribution in [1.82, 2.24) is 19.1 Å². The van der Waals surface area contributed by atoms with Crippen molar-refractivity contribution in [2.24, 2.45) is 0 Å². The number of hydrogen-bond donors (Lipinski definition) is 2. The first-order valence-corrected chi connectivity index (χ1v) is 9.77. The van der Waals surface area contributed by atoms with Gasteiger partial charge >= 0.3 is 17.3 Å². The maximum Gasteiger partial charge on any atom is 0.331 e. The van der Waals surface area contributed by atoms with Crippen LogP contribution in [-0.4, -0.2) is 31.2 Å². The molecule has 0 spiro atoms. The molecule has 0 unspecified atom stereocenters. The fourth-order valence-electron chi connectivity index (χ4n) is 3.01. The number of H-pyrrole nitrogens is 2. The maximum atomic E-state index is 12.4. The van der Waals surface area contributed by atoms with Gasteiger partial charge in [0, 0.05) is 29.6 Å². The Labute approximate surface area is 181 Å². The molecule has 0 radical (unpaired) electrons. The minimum absolute atomic E-state index is 0.119. The Balaban J connectivity index is 1.88. The number of carbonyl (C=O) groups excluding carboxylic acids is 1. The van der Waals surface area contributed by atoms with Crippen LogP contribution in [0.1, 0.15) is 16.7 Å². The summed E-state index contributed by atoms with van der Waals surface area (Å²) in [5, 5.41) is 0. The number of hydrogen-bond acceptors (Lipinski definition) is 6. The van der Waals surface area contributed by atoms with E-state index >= 15 is 0 Å². The maximum absolute atomic E-state index is 12.4. The summed E-state index contributed by atoms with van der Waals surface area (Å²) in [5.41, 5.74) is -0.985. The van der Waals surface area contributed by atoms with Gasteiger partial charge in [-0.25, -0.2) is 14.4 Å². The van der Waals surface area contributed by atoms with E-state index in [4.69, 9.17) is 4.74 Å². The van der Waals surface area contributed by atoms with Gasteiger partial charge in [0.15, 0.2) is 0 Å². The summed E-state index contributed by atoms with van der Waals surface area (Å²) in [4.78, 5) is 64.4. The van der Waals surface area contributed by atoms with Crippen LogP contribution >= 0.6 is 0 Å². The molecule has 0 aliphatic rings. The number of aryl methyl sites for hydroxylation is 2. The molecular formula is C22H22N4O6. The highest BCUT2D eigenvalue weighted by Gasteiger charge is 2.18. The molecule has 2 aromatic heterocycles. The monoisotopic (exact) mass is 438 g/mol. The minimum atomic E-state index is -0.950. The van der Waals surface area contributed by atoms with Crippen LogP contribution in [0.3, 0.4) is 0 Å². The summed E-state index contributed by atoms with van der Waals surface area (Å²) in [6.45, 7) is 2.83. The summed E-state index contributed by atoms with van der Waals surface area (Å²) in [5.74, 6) is -0.678. The first-order valence-electron chi connectivity index (χ1n) is 9.77. The van der Waals surface area contributed by atoms with Crippen LogP contribution in [0.4, 0.5) is 0 Å². The molecule has 0 saturated heterocycles. The second-order valence-corrected chi connectivity index (χ2v) is 7.25. The fraction of sp³-hybridized carbons (Fsp3) is 0.227. The summed E-state index contributed by atoms with van der Waals surface area (Å²) < 4.78 is 7.89. The highest BCUT2D eigenvalue weighted by molar-refractivity contribution is 5.87. The molecule has 2 N–H and O–H groups in total. The van der Waals surface area contributed by atoms with E-state index in [1.807, 2.05) is 30.3 Å². The molecule has 0 fully saturated rings. The number of benzene rings is 1. The molecule has 0 aliphatic carbocycles. The molecule has 0 amide bonds. The van der Waals surface area contributed by atoms with E-state index in [0.29, 0.717) is 11.1 Å². The van der Waals surface area contributed by atoms with Gasteiger partial charge in [-0.1, -0.05) is 30.3 Å². The molecule has 0 aliphatic heterocycles. The largest absolute Gasteiger partial charge is 0.455 e. The Hall–Kier alpha value is -4.21. The lowest BCUT2D eigenvalue weighted by molar-refractivity contribution is -0.144. The first kappa shape index (κ1) is 22.5. The zero-order valence-corrected chi connectivity index (χ0v) is 17.5. The van der Waals surface area contributed by atoms with Gasteiger partial charge in [-0.05, 0) is 25.5 Å². The van der Waals surface area contributed by atoms with E-state index in [1.54, 1.807) is 6.08 Å². The molecule has 0 atom stereocenters. The lowest BCUT2D eigenvalue weighted by Gasteiger charge is -2.19. The van der Waals surface area contributed by atoms with Gasteiger partial charge in [0.2, 0.25) is 0 Å². The van der Waals surface area contributed by atoms with Crippen LogP contribution in [0.2, 0.25) is 0 Å². The van der Waals surface area contributed by atoms with Crippen LogP contribution in [0.25, 0.3) is 6.08 Å². The van der Waals surface area contributed by atoms with Crippen molar-refractivity contribution in [2.45, 2.75) is 33.0 Å². The second kappa shape index (κ2) is 9.73.